The molecule has 0 saturated heterocycles. The summed E-state index contributed by atoms with van der Waals surface area (Å²) in [5.74, 6) is -11.2. The summed E-state index contributed by atoms with van der Waals surface area (Å²) in [5.41, 5.74) is 5.88. The number of rotatable bonds is 23. The van der Waals surface area contributed by atoms with Crippen molar-refractivity contribution in [1.29, 1.82) is 0 Å². The molecule has 1 aliphatic rings. The second kappa shape index (κ2) is 20.9. The Hall–Kier alpha value is -6.12. The van der Waals surface area contributed by atoms with Gasteiger partial charge in [0.25, 0.3) is 0 Å². The van der Waals surface area contributed by atoms with Gasteiger partial charge >= 0.3 is 23.9 Å². The van der Waals surface area contributed by atoms with Gasteiger partial charge < -0.3 is 57.5 Å². The largest absolute Gasteiger partial charge is 0.481 e. The van der Waals surface area contributed by atoms with Crippen LogP contribution in [0.25, 0.3) is 0 Å². The fraction of sp³-hybridized carbons (Fsp3) is 0.529. The number of nitrogens with one attached hydrogen (secondary N) is 5. The number of fused-ring (bicyclic) bond motifs is 1. The van der Waals surface area contributed by atoms with E-state index >= 15 is 0 Å². The Balaban J connectivity index is 2.35. The predicted octanol–water partition coefficient (Wildman–Crippen LogP) is -2.04. The summed E-state index contributed by atoms with van der Waals surface area (Å²) in [6.07, 6.45) is -4.76. The van der Waals surface area contributed by atoms with Crippen molar-refractivity contribution in [3.63, 3.8) is 0 Å². The van der Waals surface area contributed by atoms with E-state index in [-0.39, 0.29) is 30.4 Å². The maximum absolute atomic E-state index is 13.6. The number of cyclic esters (lactones) is 1. The molecule has 1 aliphatic heterocycles. The minimum atomic E-state index is -1.67. The van der Waals surface area contributed by atoms with Gasteiger partial charge in [-0.1, -0.05) is 26.3 Å². The Morgan fingerprint density at radius 3 is 1.67 bits per heavy atom. The van der Waals surface area contributed by atoms with E-state index in [0.717, 1.165) is 6.92 Å². The number of aliphatic hydroxyl groups is 1. The van der Waals surface area contributed by atoms with Crippen molar-refractivity contribution in [2.75, 3.05) is 0 Å². The fourth-order valence-electron chi connectivity index (χ4n) is 5.44. The maximum Gasteiger partial charge on any atom is 0.341 e. The number of esters is 1. The molecular formula is C34H46N6O15. The summed E-state index contributed by atoms with van der Waals surface area (Å²) in [7, 11) is 0. The molecule has 1 aromatic rings. The highest BCUT2D eigenvalue weighted by Crippen LogP contribution is 2.29. The fourth-order valence-corrected chi connectivity index (χ4v) is 5.44. The number of benzene rings is 1. The van der Waals surface area contributed by atoms with Crippen molar-refractivity contribution in [2.24, 2.45) is 11.7 Å². The highest BCUT2D eigenvalue weighted by molar-refractivity contribution is 5.97. The number of primary amides is 1. The number of carboxylic acid groups (broad SMARTS) is 3. The summed E-state index contributed by atoms with van der Waals surface area (Å²) in [6.45, 7) is 4.34. The highest BCUT2D eigenvalue weighted by atomic mass is 16.6. The van der Waals surface area contributed by atoms with E-state index in [1.165, 1.54) is 18.2 Å². The van der Waals surface area contributed by atoms with E-state index in [2.05, 4.69) is 26.6 Å². The van der Waals surface area contributed by atoms with Gasteiger partial charge in [0.2, 0.25) is 41.7 Å². The molecule has 2 rings (SSSR count). The smallest absolute Gasteiger partial charge is 0.341 e. The second-order valence-corrected chi connectivity index (χ2v) is 12.9. The van der Waals surface area contributed by atoms with Gasteiger partial charge in [-0.3, -0.25) is 43.2 Å². The molecule has 0 aliphatic carbocycles. The van der Waals surface area contributed by atoms with E-state index in [9.17, 15) is 63.3 Å². The number of nitrogens with two attached hydrogens (primary N) is 1. The van der Waals surface area contributed by atoms with E-state index in [1.54, 1.807) is 13.8 Å². The van der Waals surface area contributed by atoms with Crippen LogP contribution in [0.2, 0.25) is 0 Å². The summed E-state index contributed by atoms with van der Waals surface area (Å²) >= 11 is 0. The molecule has 0 bridgehead atoms. The van der Waals surface area contributed by atoms with Gasteiger partial charge in [-0.05, 0) is 42.9 Å². The lowest BCUT2D eigenvalue weighted by molar-refractivity contribution is -0.140. The van der Waals surface area contributed by atoms with Crippen LogP contribution in [0.1, 0.15) is 93.5 Å². The van der Waals surface area contributed by atoms with E-state index < -0.39 is 134 Å². The Morgan fingerprint density at radius 2 is 1.20 bits per heavy atom. The van der Waals surface area contributed by atoms with Gasteiger partial charge in [0.05, 0.1) is 5.56 Å². The Labute approximate surface area is 314 Å². The molecule has 21 heteroatoms. The molecule has 0 saturated carbocycles. The highest BCUT2D eigenvalue weighted by Gasteiger charge is 2.35. The summed E-state index contributed by atoms with van der Waals surface area (Å²) in [4.78, 5) is 124. The van der Waals surface area contributed by atoms with Crippen LogP contribution in [0, 0.1) is 5.92 Å². The number of carbonyl (C=O) groups is 10. The first-order valence-corrected chi connectivity index (χ1v) is 17.2. The zero-order valence-electron chi connectivity index (χ0n) is 30.3. The summed E-state index contributed by atoms with van der Waals surface area (Å²) < 4.78 is 4.76. The normalized spacial score (nSPS) is 16.4. The van der Waals surface area contributed by atoms with Gasteiger partial charge in [0, 0.05) is 38.2 Å². The zero-order valence-corrected chi connectivity index (χ0v) is 30.3. The number of carbonyl (C=O) groups excluding carboxylic acids is 7. The van der Waals surface area contributed by atoms with Gasteiger partial charge in [0.1, 0.15) is 30.2 Å². The van der Waals surface area contributed by atoms with E-state index in [0.29, 0.717) is 5.56 Å². The minimum absolute atomic E-state index is 0.0883. The number of amides is 6. The maximum atomic E-state index is 13.6. The molecule has 7 atom stereocenters. The molecular weight excluding hydrogens is 732 g/mol. The third-order valence-corrected chi connectivity index (χ3v) is 8.61. The van der Waals surface area contributed by atoms with Crippen molar-refractivity contribution in [3.05, 3.63) is 34.9 Å². The Bertz CT molecular complexity index is 1670. The molecule has 1 unspecified atom stereocenters. The summed E-state index contributed by atoms with van der Waals surface area (Å²) in [6, 6.07) is -3.34. The molecule has 55 heavy (non-hydrogen) atoms. The van der Waals surface area contributed by atoms with Gasteiger partial charge in [-0.15, -0.1) is 0 Å². The van der Waals surface area contributed by atoms with Crippen molar-refractivity contribution in [2.45, 2.75) is 109 Å². The van der Waals surface area contributed by atoms with E-state index in [4.69, 9.17) is 15.6 Å². The molecule has 1 aromatic carbocycles. The van der Waals surface area contributed by atoms with Crippen LogP contribution in [0.15, 0.2) is 18.2 Å². The van der Waals surface area contributed by atoms with Crippen LogP contribution in [0.5, 0.6) is 0 Å². The molecule has 0 spiro atoms. The monoisotopic (exact) mass is 778 g/mol. The third-order valence-electron chi connectivity index (χ3n) is 8.61. The van der Waals surface area contributed by atoms with Crippen LogP contribution >= 0.6 is 0 Å². The topological polar surface area (TPSA) is 347 Å². The number of ether oxygens (including phenoxy) is 1. The van der Waals surface area contributed by atoms with Crippen LogP contribution in [-0.2, 0) is 54.3 Å². The lowest BCUT2D eigenvalue weighted by Gasteiger charge is -2.29. The lowest BCUT2D eigenvalue weighted by atomic mass is 9.96. The molecule has 0 radical (unpaired) electrons. The number of carboxylic acids is 3. The number of aliphatic carboxylic acids is 3. The van der Waals surface area contributed by atoms with E-state index in [1.807, 2.05) is 0 Å². The third kappa shape index (κ3) is 14.3. The summed E-state index contributed by atoms with van der Waals surface area (Å²) in [5, 5.41) is 49.5. The molecule has 1 heterocycles. The Kier molecular flexibility index (Phi) is 17.2. The SMILES string of the molecule is CC[C@H](C)[C@H](NC(=O)[C@H](CCC(=O)O)NC(=O)[C@H](CCC(=O)O)NC(=O)[C@H](Cc1ccc2c(c1)C(O)OC2=O)NC(C)=O)C(=O)N[C@@H](CCC(=O)O)C(N)=O. The quantitative estimate of drug-likeness (QED) is 0.0535. The van der Waals surface area contributed by atoms with Crippen molar-refractivity contribution in [1.82, 2.24) is 26.6 Å². The molecule has 6 amide bonds. The van der Waals surface area contributed by atoms with Crippen molar-refractivity contribution >= 4 is 59.3 Å². The zero-order chi connectivity index (χ0) is 41.6. The first kappa shape index (κ1) is 45.0. The Morgan fingerprint density at radius 1 is 0.727 bits per heavy atom. The standard InChI is InChI=1S/C34H46N6O15/c1-4-15(2)27(32(52)37-20(28(35)48)7-10-24(42)43)40-30(50)22(9-12-26(46)47)38-29(49)21(8-11-25(44)45)39-31(51)23(36-16(3)41)14-17-5-6-18-19(13-17)34(54)55-33(18)53/h5-6,13,15,20-23,27,34,54H,4,7-12,14H2,1-3H3,(H2,35,48)(H,36,41)(H,37,52)(H,38,49)(H,39,51)(H,40,50)(H,42,43)(H,44,45)(H,46,47)/t15-,20-,21-,22-,23-,27-,34?/m0/s1. The van der Waals surface area contributed by atoms with Gasteiger partial charge in [-0.25, -0.2) is 4.79 Å². The lowest BCUT2D eigenvalue weighted by Crippen LogP contribution is -2.60. The van der Waals surface area contributed by atoms with Crippen molar-refractivity contribution < 1.29 is 73.1 Å². The van der Waals surface area contributed by atoms with Gasteiger partial charge in [0.15, 0.2) is 0 Å². The first-order valence-electron chi connectivity index (χ1n) is 17.2. The molecule has 302 valence electrons. The first-order chi connectivity index (χ1) is 25.7. The minimum Gasteiger partial charge on any atom is -0.481 e. The number of hydrogen-bond acceptors (Lipinski definition) is 12. The molecule has 0 fully saturated rings. The predicted molar refractivity (Wildman–Crippen MR) is 185 cm³/mol. The average molecular weight is 779 g/mol. The van der Waals surface area contributed by atoms with Crippen LogP contribution in [0.3, 0.4) is 0 Å². The van der Waals surface area contributed by atoms with Gasteiger partial charge in [-0.2, -0.15) is 0 Å². The molecule has 0 aromatic heterocycles. The molecule has 21 nitrogen and oxygen atoms in total. The molecule has 11 N–H and O–H groups in total. The average Bonchev–Trinajstić information content (AvgIpc) is 3.38. The van der Waals surface area contributed by atoms with Crippen molar-refractivity contribution in [3.8, 4) is 0 Å². The van der Waals surface area contributed by atoms with Crippen LogP contribution < -0.4 is 32.3 Å². The van der Waals surface area contributed by atoms with Crippen LogP contribution in [0.4, 0.5) is 0 Å². The second-order valence-electron chi connectivity index (χ2n) is 12.9. The van der Waals surface area contributed by atoms with Crippen LogP contribution in [-0.4, -0.2) is 110 Å². The number of aliphatic hydroxyl groups excluding tert-OH is 1. The number of hydrogen-bond donors (Lipinski definition) is 10.